The number of pyridine rings is 1. The van der Waals surface area contributed by atoms with E-state index < -0.39 is 0 Å². The van der Waals surface area contributed by atoms with Gasteiger partial charge in [-0.3, -0.25) is 9.67 Å². The lowest BCUT2D eigenvalue weighted by molar-refractivity contribution is 0.400. The lowest BCUT2D eigenvalue weighted by atomic mass is 10.1. The molecule has 0 aliphatic rings. The fourth-order valence-corrected chi connectivity index (χ4v) is 3.34. The topological polar surface area (TPSA) is 52.0 Å². The monoisotopic (exact) mass is 402 g/mol. The Morgan fingerprint density at radius 3 is 2.70 bits per heavy atom. The summed E-state index contributed by atoms with van der Waals surface area (Å²) in [5, 5.41) is 7.63. The summed E-state index contributed by atoms with van der Waals surface area (Å²) in [5.41, 5.74) is 1.86. The van der Waals surface area contributed by atoms with Crippen LogP contribution in [0.4, 0.5) is 0 Å². The van der Waals surface area contributed by atoms with Gasteiger partial charge in [0.25, 0.3) is 0 Å². The van der Waals surface area contributed by atoms with Crippen LogP contribution in [0.3, 0.4) is 0 Å². The van der Waals surface area contributed by atoms with Gasteiger partial charge in [0, 0.05) is 21.7 Å². The van der Waals surface area contributed by atoms with E-state index in [9.17, 15) is 0 Å². The van der Waals surface area contributed by atoms with Crippen LogP contribution in [0.25, 0.3) is 0 Å². The molecule has 2 heterocycles. The number of halogens is 2. The van der Waals surface area contributed by atoms with Gasteiger partial charge in [0.15, 0.2) is 5.75 Å². The Labute approximate surface area is 135 Å². The number of aryl methyl sites for hydroxylation is 1. The molecule has 0 aliphatic carbocycles. The van der Waals surface area contributed by atoms with Gasteiger partial charge in [-0.05, 0) is 51.9 Å². The van der Waals surface area contributed by atoms with Crippen molar-refractivity contribution < 1.29 is 4.74 Å². The first-order valence-electron chi connectivity index (χ1n) is 6.20. The van der Waals surface area contributed by atoms with Crippen molar-refractivity contribution in [1.82, 2.24) is 20.1 Å². The van der Waals surface area contributed by atoms with E-state index in [0.717, 1.165) is 32.6 Å². The summed E-state index contributed by atoms with van der Waals surface area (Å²) in [7, 11) is 3.55. The van der Waals surface area contributed by atoms with E-state index in [4.69, 9.17) is 4.74 Å². The van der Waals surface area contributed by atoms with Crippen LogP contribution < -0.4 is 10.1 Å². The van der Waals surface area contributed by atoms with Crippen LogP contribution in [-0.2, 0) is 6.54 Å². The van der Waals surface area contributed by atoms with E-state index in [1.165, 1.54) is 0 Å². The zero-order valence-corrected chi connectivity index (χ0v) is 14.7. The summed E-state index contributed by atoms with van der Waals surface area (Å²) in [5.74, 6) is 0.753. The Balaban J connectivity index is 2.54. The smallest absolute Gasteiger partial charge is 0.161 e. The number of methoxy groups -OCH3 is 1. The molecule has 2 aromatic heterocycles. The maximum atomic E-state index is 5.42. The van der Waals surface area contributed by atoms with E-state index >= 15 is 0 Å². The van der Waals surface area contributed by atoms with Gasteiger partial charge in [-0.15, -0.1) is 0 Å². The minimum Gasteiger partial charge on any atom is -0.493 e. The molecule has 0 bridgehead atoms. The molecule has 0 radical (unpaired) electrons. The van der Waals surface area contributed by atoms with Crippen LogP contribution in [0.5, 0.6) is 5.75 Å². The largest absolute Gasteiger partial charge is 0.493 e. The van der Waals surface area contributed by atoms with E-state index in [1.807, 2.05) is 24.7 Å². The number of aromatic nitrogens is 3. The molecule has 5 nitrogen and oxygen atoms in total. The predicted octanol–water partition coefficient (Wildman–Crippen LogP) is 3.14. The zero-order chi connectivity index (χ0) is 14.7. The van der Waals surface area contributed by atoms with Crippen LogP contribution in [-0.4, -0.2) is 28.9 Å². The normalized spacial score (nSPS) is 12.4. The Kier molecular flexibility index (Phi) is 5.17. The third-order valence-electron chi connectivity index (χ3n) is 3.04. The standard InChI is InChI=1S/C13H16Br2N4O/c1-4-19-13(10(20-3)7-18-19)12(16-2)11-9(15)5-8(14)6-17-11/h5-7,12,16H,4H2,1-3H3. The maximum absolute atomic E-state index is 5.42. The van der Waals surface area contributed by atoms with E-state index in [-0.39, 0.29) is 6.04 Å². The fraction of sp³-hybridized carbons (Fsp3) is 0.385. The Hall–Kier alpha value is -0.920. The first kappa shape index (κ1) is 15.5. The van der Waals surface area contributed by atoms with Gasteiger partial charge in [-0.25, -0.2) is 0 Å². The highest BCUT2D eigenvalue weighted by molar-refractivity contribution is 9.11. The average Bonchev–Trinajstić information content (AvgIpc) is 2.85. The summed E-state index contributed by atoms with van der Waals surface area (Å²) >= 11 is 6.98. The molecular weight excluding hydrogens is 388 g/mol. The van der Waals surface area contributed by atoms with E-state index in [1.54, 1.807) is 19.5 Å². The van der Waals surface area contributed by atoms with Crippen molar-refractivity contribution in [2.24, 2.45) is 0 Å². The number of hydrogen-bond acceptors (Lipinski definition) is 4. The summed E-state index contributed by atoms with van der Waals surface area (Å²) in [6, 6.07) is 1.88. The summed E-state index contributed by atoms with van der Waals surface area (Å²) < 4.78 is 9.19. The third kappa shape index (κ3) is 2.89. The third-order valence-corrected chi connectivity index (χ3v) is 4.11. The number of nitrogens with one attached hydrogen (secondary N) is 1. The van der Waals surface area contributed by atoms with Crippen molar-refractivity contribution in [3.63, 3.8) is 0 Å². The van der Waals surface area contributed by atoms with Gasteiger partial charge < -0.3 is 10.1 Å². The summed E-state index contributed by atoms with van der Waals surface area (Å²) in [6.07, 6.45) is 3.51. The van der Waals surface area contributed by atoms with Crippen molar-refractivity contribution >= 4 is 31.9 Å². The minimum absolute atomic E-state index is 0.102. The van der Waals surface area contributed by atoms with Crippen LogP contribution in [0.2, 0.25) is 0 Å². The molecule has 0 saturated heterocycles. The second-order valence-corrected chi connectivity index (χ2v) is 5.93. The molecule has 0 spiro atoms. The predicted molar refractivity (Wildman–Crippen MR) is 85.0 cm³/mol. The summed E-state index contributed by atoms with van der Waals surface area (Å²) in [4.78, 5) is 4.50. The molecule has 0 saturated carbocycles. The van der Waals surface area contributed by atoms with Gasteiger partial charge in [0.2, 0.25) is 0 Å². The van der Waals surface area contributed by atoms with Crippen molar-refractivity contribution in [3.8, 4) is 5.75 Å². The second kappa shape index (κ2) is 6.69. The van der Waals surface area contributed by atoms with E-state index in [0.29, 0.717) is 0 Å². The molecule has 0 fully saturated rings. The fourth-order valence-electron chi connectivity index (χ4n) is 2.12. The molecule has 0 aromatic carbocycles. The molecule has 1 N–H and O–H groups in total. The first-order chi connectivity index (χ1) is 9.62. The lowest BCUT2D eigenvalue weighted by Gasteiger charge is -2.19. The van der Waals surface area contributed by atoms with E-state index in [2.05, 4.69) is 47.3 Å². The van der Waals surface area contributed by atoms with Crippen molar-refractivity contribution in [1.29, 1.82) is 0 Å². The lowest BCUT2D eigenvalue weighted by Crippen LogP contribution is -2.23. The molecule has 0 amide bonds. The number of hydrogen-bond donors (Lipinski definition) is 1. The van der Waals surface area contributed by atoms with Gasteiger partial charge in [0.1, 0.15) is 5.69 Å². The molecule has 2 rings (SSSR count). The van der Waals surface area contributed by atoms with Crippen LogP contribution in [0, 0.1) is 0 Å². The molecule has 7 heteroatoms. The van der Waals surface area contributed by atoms with Crippen molar-refractivity contribution in [2.75, 3.05) is 14.2 Å². The maximum Gasteiger partial charge on any atom is 0.161 e. The molecule has 1 unspecified atom stereocenters. The molecule has 108 valence electrons. The molecule has 2 aromatic rings. The molecular formula is C13H16Br2N4O. The first-order valence-corrected chi connectivity index (χ1v) is 7.78. The Bertz CT molecular complexity index is 579. The molecule has 20 heavy (non-hydrogen) atoms. The van der Waals surface area contributed by atoms with Gasteiger partial charge in [0.05, 0.1) is 25.0 Å². The highest BCUT2D eigenvalue weighted by atomic mass is 79.9. The van der Waals surface area contributed by atoms with Gasteiger partial charge in [-0.1, -0.05) is 0 Å². The molecule has 1 atom stereocenters. The Morgan fingerprint density at radius 2 is 2.15 bits per heavy atom. The molecule has 0 aliphatic heterocycles. The van der Waals surface area contributed by atoms with Crippen molar-refractivity contribution in [3.05, 3.63) is 38.8 Å². The van der Waals surface area contributed by atoms with Crippen molar-refractivity contribution in [2.45, 2.75) is 19.5 Å². The SMILES string of the molecule is CCn1ncc(OC)c1C(NC)c1ncc(Br)cc1Br. The number of ether oxygens (including phenoxy) is 1. The van der Waals surface area contributed by atoms with Crippen LogP contribution in [0.15, 0.2) is 27.4 Å². The van der Waals surface area contributed by atoms with Crippen LogP contribution in [0.1, 0.15) is 24.4 Å². The average molecular weight is 404 g/mol. The highest BCUT2D eigenvalue weighted by Gasteiger charge is 2.24. The van der Waals surface area contributed by atoms with Crippen LogP contribution >= 0.6 is 31.9 Å². The zero-order valence-electron chi connectivity index (χ0n) is 11.5. The van der Waals surface area contributed by atoms with Gasteiger partial charge >= 0.3 is 0 Å². The quantitative estimate of drug-likeness (QED) is 0.833. The highest BCUT2D eigenvalue weighted by Crippen LogP contribution is 2.33. The minimum atomic E-state index is -0.102. The van der Waals surface area contributed by atoms with Gasteiger partial charge in [-0.2, -0.15) is 5.10 Å². The number of rotatable bonds is 5. The second-order valence-electron chi connectivity index (χ2n) is 4.16. The number of nitrogens with zero attached hydrogens (tertiary/aromatic N) is 3. The Morgan fingerprint density at radius 1 is 1.40 bits per heavy atom. The summed E-state index contributed by atoms with van der Waals surface area (Å²) in [6.45, 7) is 2.82.